The van der Waals surface area contributed by atoms with Gasteiger partial charge < -0.3 is 15.5 Å². The summed E-state index contributed by atoms with van der Waals surface area (Å²) in [5.41, 5.74) is -0.318. The van der Waals surface area contributed by atoms with E-state index in [4.69, 9.17) is 0 Å². The van der Waals surface area contributed by atoms with Crippen molar-refractivity contribution in [3.05, 3.63) is 0 Å². The topological polar surface area (TPSA) is 44.4 Å². The third kappa shape index (κ3) is 3.42. The van der Waals surface area contributed by atoms with Gasteiger partial charge in [-0.15, -0.1) is 0 Å². The first-order chi connectivity index (χ1) is 8.21. The Balaban J connectivity index is 1.65. The fourth-order valence-electron chi connectivity index (χ4n) is 2.79. The van der Waals surface area contributed by atoms with Gasteiger partial charge in [0.2, 0.25) is 5.91 Å². The van der Waals surface area contributed by atoms with Crippen LogP contribution in [-0.4, -0.2) is 49.1 Å². The summed E-state index contributed by atoms with van der Waals surface area (Å²) >= 11 is 0. The van der Waals surface area contributed by atoms with Crippen LogP contribution in [-0.2, 0) is 4.79 Å². The fraction of sp³-hybridized carbons (Fsp3) is 0.923. The van der Waals surface area contributed by atoms with E-state index < -0.39 is 0 Å². The first kappa shape index (κ1) is 12.8. The van der Waals surface area contributed by atoms with E-state index in [1.165, 1.54) is 32.4 Å². The molecule has 0 bridgehead atoms. The standard InChI is InChI=1S/C13H25N3O/c1-13(6-5-7-15-13)12(17)14-8-11-16-9-3-2-4-10-16/h15H,2-11H2,1H3,(H,14,17). The van der Waals surface area contributed by atoms with Crippen LogP contribution in [0, 0.1) is 0 Å². The van der Waals surface area contributed by atoms with Gasteiger partial charge in [-0.3, -0.25) is 4.79 Å². The third-order valence-electron chi connectivity index (χ3n) is 4.03. The minimum absolute atomic E-state index is 0.173. The van der Waals surface area contributed by atoms with Crippen LogP contribution in [0.1, 0.15) is 39.0 Å². The first-order valence-corrected chi connectivity index (χ1v) is 6.96. The van der Waals surface area contributed by atoms with Crippen molar-refractivity contribution in [3.8, 4) is 0 Å². The minimum atomic E-state index is -0.318. The van der Waals surface area contributed by atoms with Crippen LogP contribution in [0.5, 0.6) is 0 Å². The van der Waals surface area contributed by atoms with E-state index in [2.05, 4.69) is 15.5 Å². The number of amides is 1. The lowest BCUT2D eigenvalue weighted by Crippen LogP contribution is -2.52. The zero-order chi connectivity index (χ0) is 12.1. The van der Waals surface area contributed by atoms with Crippen molar-refractivity contribution in [1.82, 2.24) is 15.5 Å². The predicted octanol–water partition coefficient (Wildman–Crippen LogP) is 0.731. The normalized spacial score (nSPS) is 30.4. The highest BCUT2D eigenvalue weighted by Gasteiger charge is 2.35. The van der Waals surface area contributed by atoms with Crippen LogP contribution in [0.25, 0.3) is 0 Å². The Bertz CT molecular complexity index is 255. The number of carbonyl (C=O) groups is 1. The zero-order valence-corrected chi connectivity index (χ0v) is 10.9. The molecule has 0 aromatic carbocycles. The van der Waals surface area contributed by atoms with E-state index in [9.17, 15) is 4.79 Å². The van der Waals surface area contributed by atoms with Crippen molar-refractivity contribution in [3.63, 3.8) is 0 Å². The van der Waals surface area contributed by atoms with Crippen molar-refractivity contribution in [2.75, 3.05) is 32.7 Å². The van der Waals surface area contributed by atoms with Gasteiger partial charge in [-0.2, -0.15) is 0 Å². The van der Waals surface area contributed by atoms with Crippen LogP contribution in [0.4, 0.5) is 0 Å². The lowest BCUT2D eigenvalue weighted by Gasteiger charge is -2.28. The number of carbonyl (C=O) groups excluding carboxylic acids is 1. The summed E-state index contributed by atoms with van der Waals surface area (Å²) in [4.78, 5) is 14.5. The summed E-state index contributed by atoms with van der Waals surface area (Å²) in [6.07, 6.45) is 6.06. The number of likely N-dealkylation sites (tertiary alicyclic amines) is 1. The maximum atomic E-state index is 12.0. The Kier molecular flexibility index (Phi) is 4.40. The molecule has 0 aromatic heterocycles. The number of nitrogens with zero attached hydrogens (tertiary/aromatic N) is 1. The molecule has 0 spiro atoms. The second-order valence-electron chi connectivity index (χ2n) is 5.52. The zero-order valence-electron chi connectivity index (χ0n) is 10.9. The molecule has 98 valence electrons. The monoisotopic (exact) mass is 239 g/mol. The first-order valence-electron chi connectivity index (χ1n) is 6.96. The van der Waals surface area contributed by atoms with Gasteiger partial charge in [0.1, 0.15) is 0 Å². The summed E-state index contributed by atoms with van der Waals surface area (Å²) in [5.74, 6) is 0.173. The molecule has 1 unspecified atom stereocenters. The molecule has 2 heterocycles. The van der Waals surface area contributed by atoms with Crippen LogP contribution >= 0.6 is 0 Å². The summed E-state index contributed by atoms with van der Waals surface area (Å²) < 4.78 is 0. The SMILES string of the molecule is CC1(C(=O)NCCN2CCCCC2)CCCN1. The molecule has 2 rings (SSSR count). The summed E-state index contributed by atoms with van der Waals surface area (Å²) in [6, 6.07) is 0. The van der Waals surface area contributed by atoms with E-state index >= 15 is 0 Å². The molecular formula is C13H25N3O. The smallest absolute Gasteiger partial charge is 0.240 e. The van der Waals surface area contributed by atoms with Crippen LogP contribution in [0.15, 0.2) is 0 Å². The molecule has 2 N–H and O–H groups in total. The summed E-state index contributed by atoms with van der Waals surface area (Å²) in [5, 5.41) is 6.36. The van der Waals surface area contributed by atoms with Gasteiger partial charge in [0, 0.05) is 13.1 Å². The second-order valence-corrected chi connectivity index (χ2v) is 5.52. The quantitative estimate of drug-likeness (QED) is 0.760. The highest BCUT2D eigenvalue weighted by Crippen LogP contribution is 2.18. The Morgan fingerprint density at radius 1 is 1.29 bits per heavy atom. The number of rotatable bonds is 4. The van der Waals surface area contributed by atoms with E-state index in [0.717, 1.165) is 32.5 Å². The van der Waals surface area contributed by atoms with Crippen molar-refractivity contribution >= 4 is 5.91 Å². The maximum Gasteiger partial charge on any atom is 0.240 e. The average Bonchev–Trinajstić information content (AvgIpc) is 2.79. The molecule has 4 nitrogen and oxygen atoms in total. The van der Waals surface area contributed by atoms with Crippen LogP contribution in [0.3, 0.4) is 0 Å². The number of hydrogen-bond donors (Lipinski definition) is 2. The Hall–Kier alpha value is -0.610. The molecule has 2 aliphatic rings. The molecule has 0 aromatic rings. The maximum absolute atomic E-state index is 12.0. The molecule has 0 saturated carbocycles. The molecule has 1 atom stereocenters. The Labute approximate surface area is 104 Å². The lowest BCUT2D eigenvalue weighted by atomic mass is 9.99. The average molecular weight is 239 g/mol. The molecule has 4 heteroatoms. The lowest BCUT2D eigenvalue weighted by molar-refractivity contribution is -0.126. The molecule has 2 fully saturated rings. The van der Waals surface area contributed by atoms with E-state index in [-0.39, 0.29) is 11.4 Å². The van der Waals surface area contributed by atoms with Gasteiger partial charge in [-0.05, 0) is 52.2 Å². The fourth-order valence-corrected chi connectivity index (χ4v) is 2.79. The third-order valence-corrected chi connectivity index (χ3v) is 4.03. The van der Waals surface area contributed by atoms with Gasteiger partial charge in [0.15, 0.2) is 0 Å². The van der Waals surface area contributed by atoms with Gasteiger partial charge in [0.25, 0.3) is 0 Å². The highest BCUT2D eigenvalue weighted by molar-refractivity contribution is 5.86. The van der Waals surface area contributed by atoms with E-state index in [0.29, 0.717) is 0 Å². The number of piperidine rings is 1. The molecule has 17 heavy (non-hydrogen) atoms. The highest BCUT2D eigenvalue weighted by atomic mass is 16.2. The molecular weight excluding hydrogens is 214 g/mol. The number of hydrogen-bond acceptors (Lipinski definition) is 3. The van der Waals surface area contributed by atoms with Crippen molar-refractivity contribution in [1.29, 1.82) is 0 Å². The summed E-state index contributed by atoms with van der Waals surface area (Å²) in [7, 11) is 0. The van der Waals surface area contributed by atoms with Gasteiger partial charge in [-0.25, -0.2) is 0 Å². The van der Waals surface area contributed by atoms with Crippen LogP contribution in [0.2, 0.25) is 0 Å². The number of nitrogens with one attached hydrogen (secondary N) is 2. The van der Waals surface area contributed by atoms with Crippen LogP contribution < -0.4 is 10.6 Å². The van der Waals surface area contributed by atoms with Crippen molar-refractivity contribution in [2.24, 2.45) is 0 Å². The molecule has 0 aliphatic carbocycles. The van der Waals surface area contributed by atoms with Gasteiger partial charge in [0.05, 0.1) is 5.54 Å². The van der Waals surface area contributed by atoms with E-state index in [1.807, 2.05) is 6.92 Å². The molecule has 2 aliphatic heterocycles. The van der Waals surface area contributed by atoms with Gasteiger partial charge >= 0.3 is 0 Å². The summed E-state index contributed by atoms with van der Waals surface area (Å²) in [6.45, 7) is 7.17. The van der Waals surface area contributed by atoms with E-state index in [1.54, 1.807) is 0 Å². The molecule has 0 radical (unpaired) electrons. The Morgan fingerprint density at radius 3 is 2.71 bits per heavy atom. The minimum Gasteiger partial charge on any atom is -0.353 e. The van der Waals surface area contributed by atoms with Gasteiger partial charge in [-0.1, -0.05) is 6.42 Å². The largest absolute Gasteiger partial charge is 0.353 e. The van der Waals surface area contributed by atoms with Crippen molar-refractivity contribution < 1.29 is 4.79 Å². The van der Waals surface area contributed by atoms with Crippen molar-refractivity contribution in [2.45, 2.75) is 44.6 Å². The molecule has 1 amide bonds. The Morgan fingerprint density at radius 2 is 2.06 bits per heavy atom. The second kappa shape index (κ2) is 5.83. The molecule has 2 saturated heterocycles. The predicted molar refractivity (Wildman–Crippen MR) is 68.9 cm³/mol.